The van der Waals surface area contributed by atoms with E-state index in [9.17, 15) is 14.4 Å². The second kappa shape index (κ2) is 31.4. The lowest BCUT2D eigenvalue weighted by molar-refractivity contribution is -0.117. The average Bonchev–Trinajstić information content (AvgIpc) is 3.10. The highest BCUT2D eigenvalue weighted by Crippen LogP contribution is 2.28. The number of rotatable bonds is 33. The summed E-state index contributed by atoms with van der Waals surface area (Å²) in [5.74, 6) is -0.570. The van der Waals surface area contributed by atoms with E-state index in [1.165, 1.54) is 128 Å². The van der Waals surface area contributed by atoms with Crippen LogP contribution in [0.3, 0.4) is 0 Å². The Hall–Kier alpha value is -2.37. The molecule has 0 radical (unpaired) electrons. The van der Waals surface area contributed by atoms with Gasteiger partial charge in [-0.1, -0.05) is 175 Å². The Morgan fingerprint density at radius 1 is 0.520 bits per heavy atom. The summed E-state index contributed by atoms with van der Waals surface area (Å²) >= 11 is 0. The van der Waals surface area contributed by atoms with Crippen molar-refractivity contribution in [2.24, 2.45) is 0 Å². The molecular weight excluding hydrogens is 620 g/mol. The number of carbonyl (C=O) groups is 3. The zero-order chi connectivity index (χ0) is 36.7. The van der Waals surface area contributed by atoms with E-state index < -0.39 is 5.97 Å². The summed E-state index contributed by atoms with van der Waals surface area (Å²) < 4.78 is 5.59. The van der Waals surface area contributed by atoms with Gasteiger partial charge in [-0.05, 0) is 50.8 Å². The first kappa shape index (κ1) is 45.7. The molecule has 288 valence electrons. The van der Waals surface area contributed by atoms with Crippen molar-refractivity contribution in [3.05, 3.63) is 23.3 Å². The molecule has 1 atom stereocenters. The molecule has 1 aromatic carbocycles. The predicted molar refractivity (Wildman–Crippen MR) is 214 cm³/mol. The third kappa shape index (κ3) is 23.9. The van der Waals surface area contributed by atoms with Gasteiger partial charge in [0.1, 0.15) is 0 Å². The predicted octanol–water partition coefficient (Wildman–Crippen LogP) is 13.8. The third-order valence-corrected chi connectivity index (χ3v) is 10.1. The number of esters is 1. The average molecular weight is 699 g/mol. The molecule has 0 fully saturated rings. The monoisotopic (exact) mass is 699 g/mol. The van der Waals surface area contributed by atoms with Crippen molar-refractivity contribution in [1.29, 1.82) is 0 Å². The van der Waals surface area contributed by atoms with Gasteiger partial charge >= 0.3 is 5.97 Å². The molecule has 0 unspecified atom stereocenters. The van der Waals surface area contributed by atoms with Crippen LogP contribution in [0.2, 0.25) is 0 Å². The summed E-state index contributed by atoms with van der Waals surface area (Å²) in [4.78, 5) is 38.9. The van der Waals surface area contributed by atoms with Gasteiger partial charge in [-0.2, -0.15) is 0 Å². The number of nitrogens with one attached hydrogen (secondary N) is 2. The molecule has 0 aliphatic rings. The Labute approximate surface area is 308 Å². The number of carbonyl (C=O) groups excluding carboxylic acids is 3. The number of hydrogen-bond acceptors (Lipinski definition) is 4. The van der Waals surface area contributed by atoms with Crippen molar-refractivity contribution in [3.63, 3.8) is 0 Å². The first-order valence-electron chi connectivity index (χ1n) is 21.3. The number of benzene rings is 1. The fourth-order valence-corrected chi connectivity index (χ4v) is 6.46. The summed E-state index contributed by atoms with van der Waals surface area (Å²) in [6.45, 7) is 10.2. The summed E-state index contributed by atoms with van der Waals surface area (Å²) in [6.07, 6.45) is 34.3. The molecule has 6 nitrogen and oxygen atoms in total. The highest BCUT2D eigenvalue weighted by Gasteiger charge is 2.18. The zero-order valence-electron chi connectivity index (χ0n) is 33.4. The lowest BCUT2D eigenvalue weighted by Gasteiger charge is -2.17. The molecule has 0 bridgehead atoms. The van der Waals surface area contributed by atoms with Gasteiger partial charge in [0.25, 0.3) is 0 Å². The number of ether oxygens (including phenoxy) is 1. The maximum atomic E-state index is 13.0. The van der Waals surface area contributed by atoms with Crippen LogP contribution in [-0.4, -0.2) is 23.9 Å². The van der Waals surface area contributed by atoms with E-state index in [0.717, 1.165) is 44.1 Å². The molecule has 2 N–H and O–H groups in total. The Morgan fingerprint density at radius 3 is 1.12 bits per heavy atom. The SMILES string of the molecule is CCCCCCCCCCCCCCCC(=O)Nc1cc(C(=O)O[C@H](C)CC)cc(NC(=O)CCCCCCCCCCCCCCC)c1C. The number of unbranched alkanes of at least 4 members (excludes halogenated alkanes) is 24. The van der Waals surface area contributed by atoms with Crippen molar-refractivity contribution in [1.82, 2.24) is 0 Å². The Balaban J connectivity index is 2.48. The second-order valence-corrected chi connectivity index (χ2v) is 14.9. The van der Waals surface area contributed by atoms with Crippen LogP contribution < -0.4 is 10.6 Å². The second-order valence-electron chi connectivity index (χ2n) is 14.9. The zero-order valence-corrected chi connectivity index (χ0v) is 33.4. The molecule has 1 aromatic rings. The van der Waals surface area contributed by atoms with E-state index >= 15 is 0 Å². The maximum absolute atomic E-state index is 13.0. The first-order chi connectivity index (χ1) is 24.3. The van der Waals surface area contributed by atoms with E-state index in [1.807, 2.05) is 20.8 Å². The number of anilines is 2. The smallest absolute Gasteiger partial charge is 0.338 e. The largest absolute Gasteiger partial charge is 0.459 e. The van der Waals surface area contributed by atoms with E-state index in [1.54, 1.807) is 12.1 Å². The molecule has 50 heavy (non-hydrogen) atoms. The van der Waals surface area contributed by atoms with Gasteiger partial charge in [0.05, 0.1) is 11.7 Å². The van der Waals surface area contributed by atoms with E-state index in [4.69, 9.17) is 4.74 Å². The highest BCUT2D eigenvalue weighted by molar-refractivity contribution is 6.00. The Kier molecular flexibility index (Phi) is 28.6. The molecule has 6 heteroatoms. The lowest BCUT2D eigenvalue weighted by atomic mass is 10.0. The lowest BCUT2D eigenvalue weighted by Crippen LogP contribution is -2.18. The van der Waals surface area contributed by atoms with Gasteiger partial charge in [0.15, 0.2) is 0 Å². The molecule has 2 amide bonds. The van der Waals surface area contributed by atoms with Crippen molar-refractivity contribution in [3.8, 4) is 0 Å². The molecule has 0 aliphatic carbocycles. The first-order valence-corrected chi connectivity index (χ1v) is 21.3. The van der Waals surface area contributed by atoms with Crippen LogP contribution in [0.15, 0.2) is 12.1 Å². The van der Waals surface area contributed by atoms with Crippen LogP contribution in [0.1, 0.15) is 230 Å². The van der Waals surface area contributed by atoms with Crippen molar-refractivity contribution in [2.75, 3.05) is 10.6 Å². The molecule has 0 heterocycles. The van der Waals surface area contributed by atoms with Gasteiger partial charge < -0.3 is 15.4 Å². The van der Waals surface area contributed by atoms with Crippen LogP contribution >= 0.6 is 0 Å². The molecule has 0 saturated carbocycles. The standard InChI is InChI=1S/C44H78N2O4/c1-6-9-11-13-15-17-19-21-23-25-27-29-31-33-42(47)45-40-35-39(44(49)50-37(4)8-3)36-41(38(40)5)46-43(48)34-32-30-28-26-24-22-20-18-16-14-12-10-7-2/h35-37H,6-34H2,1-5H3,(H,45,47)(H,46,48)/t37-/m1/s1. The normalized spacial score (nSPS) is 11.8. The maximum Gasteiger partial charge on any atom is 0.338 e. The minimum atomic E-state index is -0.446. The van der Waals surface area contributed by atoms with Crippen LogP contribution in [0.5, 0.6) is 0 Å². The fourth-order valence-electron chi connectivity index (χ4n) is 6.46. The van der Waals surface area contributed by atoms with Gasteiger partial charge in [-0.15, -0.1) is 0 Å². The van der Waals surface area contributed by atoms with Crippen molar-refractivity contribution >= 4 is 29.2 Å². The molecule has 0 saturated heterocycles. The van der Waals surface area contributed by atoms with Crippen LogP contribution in [-0.2, 0) is 14.3 Å². The number of amides is 2. The Bertz CT molecular complexity index is 958. The summed E-state index contributed by atoms with van der Waals surface area (Å²) in [6, 6.07) is 3.37. The molecular formula is C44H78N2O4. The van der Waals surface area contributed by atoms with Crippen molar-refractivity contribution < 1.29 is 19.1 Å². The van der Waals surface area contributed by atoms with Gasteiger partial charge in [-0.3, -0.25) is 9.59 Å². The van der Waals surface area contributed by atoms with E-state index in [-0.39, 0.29) is 17.9 Å². The third-order valence-electron chi connectivity index (χ3n) is 10.1. The Morgan fingerprint density at radius 2 is 0.820 bits per heavy atom. The van der Waals surface area contributed by atoms with Crippen molar-refractivity contribution in [2.45, 2.75) is 227 Å². The van der Waals surface area contributed by atoms with Crippen LogP contribution in [0, 0.1) is 6.92 Å². The topological polar surface area (TPSA) is 84.5 Å². The van der Waals surface area contributed by atoms with Gasteiger partial charge in [0.2, 0.25) is 11.8 Å². The van der Waals surface area contributed by atoms with Crippen LogP contribution in [0.4, 0.5) is 11.4 Å². The number of hydrogen-bond donors (Lipinski definition) is 2. The minimum absolute atomic E-state index is 0.0622. The minimum Gasteiger partial charge on any atom is -0.459 e. The van der Waals surface area contributed by atoms with Gasteiger partial charge in [0, 0.05) is 24.2 Å². The summed E-state index contributed by atoms with van der Waals surface area (Å²) in [5.41, 5.74) is 2.20. The summed E-state index contributed by atoms with van der Waals surface area (Å²) in [7, 11) is 0. The molecule has 1 rings (SSSR count). The quantitative estimate of drug-likeness (QED) is 0.0565. The molecule has 0 spiro atoms. The molecule has 0 aromatic heterocycles. The molecule has 0 aliphatic heterocycles. The summed E-state index contributed by atoms with van der Waals surface area (Å²) in [5, 5.41) is 6.06. The van der Waals surface area contributed by atoms with Crippen LogP contribution in [0.25, 0.3) is 0 Å². The highest BCUT2D eigenvalue weighted by atomic mass is 16.5. The fraction of sp³-hybridized carbons (Fsp3) is 0.795. The van der Waals surface area contributed by atoms with E-state index in [0.29, 0.717) is 36.2 Å². The van der Waals surface area contributed by atoms with Gasteiger partial charge in [-0.25, -0.2) is 4.79 Å². The van der Waals surface area contributed by atoms with E-state index in [2.05, 4.69) is 24.5 Å².